The summed E-state index contributed by atoms with van der Waals surface area (Å²) in [5.41, 5.74) is 4.55. The molecule has 0 unspecified atom stereocenters. The fraction of sp³-hybridized carbons (Fsp3) is 0.111. The van der Waals surface area contributed by atoms with Crippen molar-refractivity contribution in [3.05, 3.63) is 248 Å². The number of aliphatic hydroxyl groups excluding tert-OH is 1. The third-order valence-corrected chi connectivity index (χ3v) is 16.5. The fourth-order valence-electron chi connectivity index (χ4n) is 8.81. The second-order valence-corrected chi connectivity index (χ2v) is 20.3. The molecule has 4 heterocycles. The molecule has 1 fully saturated rings. The summed E-state index contributed by atoms with van der Waals surface area (Å²) in [5.74, 6) is -2.40. The van der Waals surface area contributed by atoms with Crippen molar-refractivity contribution in [1.82, 2.24) is 20.2 Å². The molecule has 2 atom stereocenters. The van der Waals surface area contributed by atoms with Gasteiger partial charge in [-0.15, -0.1) is 34.4 Å². The Bertz CT molecular complexity index is 3000. The number of hydrogen-bond donors (Lipinski definition) is 4. The van der Waals surface area contributed by atoms with E-state index in [4.69, 9.17) is 15.0 Å². The van der Waals surface area contributed by atoms with Crippen molar-refractivity contribution in [2.75, 3.05) is 11.1 Å². The summed E-state index contributed by atoms with van der Waals surface area (Å²) in [6.07, 6.45) is 0. The molecule has 2 aromatic heterocycles. The van der Waals surface area contributed by atoms with Gasteiger partial charge in [0.25, 0.3) is 11.8 Å². The normalized spacial score (nSPS) is 16.0. The van der Waals surface area contributed by atoms with Crippen LogP contribution in [-0.4, -0.2) is 65.7 Å². The first kappa shape index (κ1) is 46.4. The number of nitrogens with zero attached hydrogens (tertiary/aromatic N) is 4. The maximum atomic E-state index is 15.1. The van der Waals surface area contributed by atoms with Gasteiger partial charge in [-0.1, -0.05) is 199 Å². The Morgan fingerprint density at radius 2 is 1.21 bits per heavy atom. The molecule has 4 N–H and O–H groups in total. The Morgan fingerprint density at radius 1 is 0.729 bits per heavy atom. The minimum absolute atomic E-state index is 0.171. The quantitative estimate of drug-likeness (QED) is 0.0297. The lowest BCUT2D eigenvalue weighted by molar-refractivity contribution is -0.150. The average Bonchev–Trinajstić information content (AvgIpc) is 4.09. The molecule has 1 saturated heterocycles. The summed E-state index contributed by atoms with van der Waals surface area (Å²) in [7, 11) is 0. The average molecular weight is 999 g/mol. The largest absolute Gasteiger partial charge is 0.477 e. The third kappa shape index (κ3) is 8.69. The highest BCUT2D eigenvalue weighted by molar-refractivity contribution is 8.07. The Morgan fingerprint density at radius 3 is 1.69 bits per heavy atom. The number of anilines is 1. The number of thiazole rings is 2. The van der Waals surface area contributed by atoms with Gasteiger partial charge >= 0.3 is 5.97 Å². The summed E-state index contributed by atoms with van der Waals surface area (Å²) >= 11 is 5.05. The smallest absolute Gasteiger partial charge is 0.353 e. The number of oxime groups is 1. The number of carbonyl (C=O) groups is 3. The van der Waals surface area contributed by atoms with E-state index in [2.05, 4.69) is 52.0 Å². The van der Waals surface area contributed by atoms with E-state index in [-0.39, 0.29) is 29.5 Å². The number of aromatic nitrogens is 2. The summed E-state index contributed by atoms with van der Waals surface area (Å²) in [5, 5.41) is 33.2. The van der Waals surface area contributed by atoms with Gasteiger partial charge in [0, 0.05) is 32.7 Å². The Balaban J connectivity index is 1.07. The predicted octanol–water partition coefficient (Wildman–Crippen LogP) is 9.70. The molecule has 348 valence electrons. The van der Waals surface area contributed by atoms with Crippen LogP contribution in [0.25, 0.3) is 0 Å². The molecular formula is C54H42N6O6S4. The van der Waals surface area contributed by atoms with Crippen LogP contribution in [0, 0.1) is 0 Å². The second kappa shape index (κ2) is 20.3. The molecule has 16 heteroatoms. The van der Waals surface area contributed by atoms with Crippen molar-refractivity contribution in [3.8, 4) is 0 Å². The molecule has 0 spiro atoms. The zero-order valence-electron chi connectivity index (χ0n) is 37.0. The maximum Gasteiger partial charge on any atom is 0.353 e. The van der Waals surface area contributed by atoms with E-state index in [1.165, 1.54) is 51.1 Å². The number of aliphatic hydroxyl groups is 1. The highest BCUT2D eigenvalue weighted by Gasteiger charge is 2.55. The van der Waals surface area contributed by atoms with Gasteiger partial charge < -0.3 is 25.7 Å². The van der Waals surface area contributed by atoms with Gasteiger partial charge in [-0.3, -0.25) is 14.5 Å². The van der Waals surface area contributed by atoms with Crippen LogP contribution in [0.2, 0.25) is 0 Å². The highest BCUT2D eigenvalue weighted by atomic mass is 32.2. The fourth-order valence-corrected chi connectivity index (χ4v) is 13.1. The molecule has 2 aliphatic heterocycles. The zero-order chi connectivity index (χ0) is 48.1. The van der Waals surface area contributed by atoms with Crippen LogP contribution in [0.4, 0.5) is 5.13 Å². The molecule has 8 aromatic rings. The molecule has 0 aliphatic carbocycles. The standard InChI is InChI=1S/C54H42N6O6S4/c61-31-41-51(69-34-55-41)70-43-33-67-49-45(48(63)60(49)46(43)50(64)65)57-47(62)44(59-66-54(38-25-13-4-14-26-38,39-27-15-5-16-28-39)40-29-17-6-18-30-40)42-32-68-52(56-42)58-53(35-19-7-1-8-20-35,36-21-9-2-10-22-36)37-23-11-3-12-24-37/h1-30,32,34,45,49,61H,31,33H2,(H,56,58)(H,57,62)(H,64,65)/b59-44-/t45-,49-/m1/s1. The van der Waals surface area contributed by atoms with E-state index in [1.54, 1.807) is 10.9 Å². The van der Waals surface area contributed by atoms with Crippen LogP contribution in [0.3, 0.4) is 0 Å². The zero-order valence-corrected chi connectivity index (χ0v) is 40.3. The van der Waals surface area contributed by atoms with Crippen LogP contribution in [0.1, 0.15) is 44.8 Å². The van der Waals surface area contributed by atoms with Gasteiger partial charge in [0.1, 0.15) is 28.3 Å². The Hall–Kier alpha value is -7.34. The lowest BCUT2D eigenvalue weighted by Gasteiger charge is -2.49. The molecule has 0 radical (unpaired) electrons. The van der Waals surface area contributed by atoms with E-state index in [1.807, 2.05) is 146 Å². The van der Waals surface area contributed by atoms with Gasteiger partial charge in [0.05, 0.1) is 22.0 Å². The van der Waals surface area contributed by atoms with Gasteiger partial charge in [-0.25, -0.2) is 14.8 Å². The number of benzene rings is 6. The van der Waals surface area contributed by atoms with Crippen molar-refractivity contribution < 1.29 is 29.4 Å². The number of nitrogens with one attached hydrogen (secondary N) is 2. The van der Waals surface area contributed by atoms with E-state index in [0.29, 0.717) is 19.9 Å². The first-order chi connectivity index (χ1) is 34.3. The minimum atomic E-state index is -1.37. The van der Waals surface area contributed by atoms with E-state index < -0.39 is 40.3 Å². The van der Waals surface area contributed by atoms with Crippen LogP contribution in [0.15, 0.2) is 213 Å². The number of carboxylic acid groups (broad SMARTS) is 1. The van der Waals surface area contributed by atoms with Crippen molar-refractivity contribution >= 4 is 74.8 Å². The van der Waals surface area contributed by atoms with Gasteiger partial charge in [-0.05, 0) is 16.7 Å². The van der Waals surface area contributed by atoms with E-state index >= 15 is 4.79 Å². The van der Waals surface area contributed by atoms with Crippen molar-refractivity contribution in [1.29, 1.82) is 0 Å². The van der Waals surface area contributed by atoms with Crippen LogP contribution in [-0.2, 0) is 37.0 Å². The molecule has 0 saturated carbocycles. The molecule has 70 heavy (non-hydrogen) atoms. The first-order valence-corrected chi connectivity index (χ1v) is 25.7. The summed E-state index contributed by atoms with van der Waals surface area (Å²) in [6, 6.07) is 58.0. The number of carboxylic acids is 1. The number of rotatable bonds is 17. The Labute approximate surface area is 419 Å². The SMILES string of the molecule is O=C(O)C1=C(Sc2scnc2CO)CS[C@@H]2[C@H](NC(=O)/C(=N\OC(c3ccccc3)(c3ccccc3)c3ccccc3)c3csc(NC(c4ccccc4)(c4ccccc4)c4ccccc4)n3)C(=O)N12. The second-order valence-electron chi connectivity index (χ2n) is 16.1. The number of carbonyl (C=O) groups excluding carboxylic acids is 2. The van der Waals surface area contributed by atoms with Gasteiger partial charge in [-0.2, -0.15) is 0 Å². The summed E-state index contributed by atoms with van der Waals surface area (Å²) < 4.78 is 0.636. The highest BCUT2D eigenvalue weighted by Crippen LogP contribution is 2.47. The maximum absolute atomic E-state index is 15.1. The number of hydrogen-bond acceptors (Lipinski definition) is 13. The number of fused-ring (bicyclic) bond motifs is 1. The third-order valence-electron chi connectivity index (χ3n) is 12.1. The van der Waals surface area contributed by atoms with Crippen molar-refractivity contribution in [2.45, 2.75) is 33.4 Å². The first-order valence-electron chi connectivity index (χ1n) is 22.1. The van der Waals surface area contributed by atoms with Crippen LogP contribution >= 0.6 is 46.2 Å². The van der Waals surface area contributed by atoms with E-state index in [9.17, 15) is 19.8 Å². The molecular weight excluding hydrogens is 957 g/mol. The molecule has 12 nitrogen and oxygen atoms in total. The van der Waals surface area contributed by atoms with Gasteiger partial charge in [0.15, 0.2) is 10.8 Å². The molecule has 0 bridgehead atoms. The topological polar surface area (TPSA) is 166 Å². The lowest BCUT2D eigenvalue weighted by atomic mass is 9.77. The summed E-state index contributed by atoms with van der Waals surface area (Å²) in [6.45, 7) is -0.310. The van der Waals surface area contributed by atoms with Crippen molar-refractivity contribution in [3.63, 3.8) is 0 Å². The summed E-state index contributed by atoms with van der Waals surface area (Å²) in [4.78, 5) is 59.9. The van der Waals surface area contributed by atoms with E-state index in [0.717, 1.165) is 33.4 Å². The van der Waals surface area contributed by atoms with Gasteiger partial charge in [0.2, 0.25) is 5.60 Å². The Kier molecular flexibility index (Phi) is 13.5. The molecule has 2 aliphatic rings. The molecule has 10 rings (SSSR count). The van der Waals surface area contributed by atoms with Crippen LogP contribution < -0.4 is 10.6 Å². The molecule has 2 amide bonds. The molecule has 6 aromatic carbocycles. The number of aliphatic carboxylic acids is 1. The number of β-lactam (4-membered cyclic amide) rings is 1. The van der Waals surface area contributed by atoms with Crippen molar-refractivity contribution in [2.24, 2.45) is 5.16 Å². The monoisotopic (exact) mass is 998 g/mol. The predicted molar refractivity (Wildman–Crippen MR) is 275 cm³/mol. The van der Waals surface area contributed by atoms with Crippen LogP contribution in [0.5, 0.6) is 0 Å². The minimum Gasteiger partial charge on any atom is -0.477 e. The number of amides is 2. The lowest BCUT2D eigenvalue weighted by Crippen LogP contribution is -2.71. The number of thioether (sulfide) groups is 2.